The van der Waals surface area contributed by atoms with E-state index in [1.165, 1.54) is 11.3 Å². The van der Waals surface area contributed by atoms with E-state index in [2.05, 4.69) is 35.8 Å². The van der Waals surface area contributed by atoms with Crippen LogP contribution in [0.25, 0.3) is 21.6 Å². The number of aliphatic hydroxyl groups is 1. The van der Waals surface area contributed by atoms with Crippen molar-refractivity contribution in [2.75, 3.05) is 10.6 Å². The highest BCUT2D eigenvalue weighted by molar-refractivity contribution is 7.21. The van der Waals surface area contributed by atoms with E-state index >= 15 is 0 Å². The molecule has 9 heteroatoms. The van der Waals surface area contributed by atoms with Crippen molar-refractivity contribution in [3.8, 4) is 11.3 Å². The van der Waals surface area contributed by atoms with E-state index in [4.69, 9.17) is 0 Å². The number of H-pyrrole nitrogens is 1. The number of aliphatic hydroxyl groups excluding tert-OH is 1. The van der Waals surface area contributed by atoms with Crippen molar-refractivity contribution in [3.63, 3.8) is 0 Å². The number of aromatic nitrogens is 5. The molecule has 0 saturated heterocycles. The maximum absolute atomic E-state index is 9.66. The van der Waals surface area contributed by atoms with Gasteiger partial charge in [0.15, 0.2) is 5.13 Å². The molecular weight excluding hydrogens is 386 g/mol. The molecule has 8 nitrogen and oxygen atoms in total. The largest absolute Gasteiger partial charge is 0.393 e. The molecule has 5 rings (SSSR count). The summed E-state index contributed by atoms with van der Waals surface area (Å²) >= 11 is 1.49. The minimum Gasteiger partial charge on any atom is -0.393 e. The topological polar surface area (TPSA) is 112 Å². The maximum Gasteiger partial charge on any atom is 0.190 e. The van der Waals surface area contributed by atoms with Gasteiger partial charge >= 0.3 is 0 Å². The number of fused-ring (bicyclic) bond motifs is 1. The quantitative estimate of drug-likeness (QED) is 0.396. The van der Waals surface area contributed by atoms with Crippen LogP contribution in [0.3, 0.4) is 0 Å². The van der Waals surface area contributed by atoms with Crippen molar-refractivity contribution in [2.24, 2.45) is 0 Å². The Labute approximate surface area is 171 Å². The zero-order valence-electron chi connectivity index (χ0n) is 15.7. The summed E-state index contributed by atoms with van der Waals surface area (Å²) in [6.07, 6.45) is 7.03. The lowest BCUT2D eigenvalue weighted by Gasteiger charge is -2.26. The van der Waals surface area contributed by atoms with Crippen molar-refractivity contribution >= 4 is 38.5 Å². The van der Waals surface area contributed by atoms with Gasteiger partial charge in [0.1, 0.15) is 22.0 Å². The van der Waals surface area contributed by atoms with Crippen molar-refractivity contribution in [2.45, 2.75) is 37.8 Å². The summed E-state index contributed by atoms with van der Waals surface area (Å²) in [7, 11) is 0. The second kappa shape index (κ2) is 7.76. The van der Waals surface area contributed by atoms with Crippen LogP contribution in [0.4, 0.5) is 16.8 Å². The molecule has 4 N–H and O–H groups in total. The zero-order chi connectivity index (χ0) is 19.6. The molecule has 0 radical (unpaired) electrons. The summed E-state index contributed by atoms with van der Waals surface area (Å²) in [5, 5.41) is 24.0. The predicted octanol–water partition coefficient (Wildman–Crippen LogP) is 3.94. The molecule has 0 atom stereocenters. The standard InChI is InChI=1S/C20H21N7OS/c28-14-6-4-13(5-7-14)23-17-2-1-3-18(26-17)27-20-25-16-9-8-15(24-19(16)29-20)12-10-21-22-11-12/h1-3,8-11,13-14,28H,4-7H2,(H,21,22)(H2,23,25,26,27)/t13-,14-. The summed E-state index contributed by atoms with van der Waals surface area (Å²) in [5.74, 6) is 1.57. The Hall–Kier alpha value is -3.04. The second-order valence-corrected chi connectivity index (χ2v) is 8.19. The molecule has 4 aromatic rings. The minimum atomic E-state index is -0.157. The van der Waals surface area contributed by atoms with Crippen LogP contribution in [0.5, 0.6) is 0 Å². The van der Waals surface area contributed by atoms with Gasteiger partial charge < -0.3 is 15.7 Å². The van der Waals surface area contributed by atoms with Crippen LogP contribution >= 0.6 is 11.3 Å². The summed E-state index contributed by atoms with van der Waals surface area (Å²) in [6, 6.07) is 10.1. The predicted molar refractivity (Wildman–Crippen MR) is 114 cm³/mol. The molecule has 0 bridgehead atoms. The Morgan fingerprint density at radius 1 is 1.00 bits per heavy atom. The molecule has 1 aliphatic carbocycles. The van der Waals surface area contributed by atoms with Crippen molar-refractivity contribution in [1.29, 1.82) is 0 Å². The number of anilines is 3. The van der Waals surface area contributed by atoms with E-state index in [9.17, 15) is 5.11 Å². The lowest BCUT2D eigenvalue weighted by Crippen LogP contribution is -2.28. The van der Waals surface area contributed by atoms with Crippen LogP contribution in [0.15, 0.2) is 42.7 Å². The number of nitrogens with zero attached hydrogens (tertiary/aromatic N) is 4. The first kappa shape index (κ1) is 18.0. The molecule has 1 saturated carbocycles. The van der Waals surface area contributed by atoms with Crippen LogP contribution < -0.4 is 10.6 Å². The zero-order valence-corrected chi connectivity index (χ0v) is 16.5. The summed E-state index contributed by atoms with van der Waals surface area (Å²) < 4.78 is 0. The number of nitrogens with one attached hydrogen (secondary N) is 3. The highest BCUT2D eigenvalue weighted by atomic mass is 32.1. The molecule has 0 unspecified atom stereocenters. The first-order valence-corrected chi connectivity index (χ1v) is 10.5. The van der Waals surface area contributed by atoms with Gasteiger partial charge in [-0.2, -0.15) is 5.10 Å². The number of hydrogen-bond acceptors (Lipinski definition) is 8. The van der Waals surface area contributed by atoms with Crippen molar-refractivity contribution in [3.05, 3.63) is 42.7 Å². The highest BCUT2D eigenvalue weighted by Crippen LogP contribution is 2.29. The number of hydrogen-bond donors (Lipinski definition) is 4. The molecule has 4 heterocycles. The molecule has 4 aromatic heterocycles. The van der Waals surface area contributed by atoms with Gasteiger partial charge in [0, 0.05) is 17.8 Å². The average Bonchev–Trinajstić information content (AvgIpc) is 3.39. The van der Waals surface area contributed by atoms with Gasteiger partial charge in [-0.25, -0.2) is 15.0 Å². The third-order valence-electron chi connectivity index (χ3n) is 5.08. The number of thiazole rings is 1. The highest BCUT2D eigenvalue weighted by Gasteiger charge is 2.19. The summed E-state index contributed by atoms with van der Waals surface area (Å²) in [5.41, 5.74) is 2.66. The molecular formula is C20H21N7OS. The van der Waals surface area contributed by atoms with E-state index < -0.39 is 0 Å². The second-order valence-electron chi connectivity index (χ2n) is 7.21. The van der Waals surface area contributed by atoms with E-state index in [0.717, 1.165) is 64.1 Å². The summed E-state index contributed by atoms with van der Waals surface area (Å²) in [6.45, 7) is 0. The van der Waals surface area contributed by atoms with E-state index in [1.54, 1.807) is 6.20 Å². The fraction of sp³-hybridized carbons (Fsp3) is 0.300. The maximum atomic E-state index is 9.66. The third-order valence-corrected chi connectivity index (χ3v) is 5.96. The van der Waals surface area contributed by atoms with Gasteiger partial charge in [-0.05, 0) is 49.9 Å². The fourth-order valence-electron chi connectivity index (χ4n) is 3.55. The van der Waals surface area contributed by atoms with Crippen LogP contribution in [-0.4, -0.2) is 42.4 Å². The van der Waals surface area contributed by atoms with Gasteiger partial charge in [0.25, 0.3) is 0 Å². The van der Waals surface area contributed by atoms with E-state index in [1.807, 2.05) is 36.5 Å². The third kappa shape index (κ3) is 4.06. The normalized spacial score (nSPS) is 19.3. The van der Waals surface area contributed by atoms with Gasteiger partial charge in [-0.3, -0.25) is 5.10 Å². The van der Waals surface area contributed by atoms with Gasteiger partial charge in [0.2, 0.25) is 0 Å². The van der Waals surface area contributed by atoms with Crippen molar-refractivity contribution < 1.29 is 5.11 Å². The Morgan fingerprint density at radius 2 is 1.86 bits per heavy atom. The van der Waals surface area contributed by atoms with Gasteiger partial charge in [-0.1, -0.05) is 17.4 Å². The van der Waals surface area contributed by atoms with E-state index in [0.29, 0.717) is 6.04 Å². The molecule has 1 fully saturated rings. The molecule has 0 spiro atoms. The number of aromatic amines is 1. The van der Waals surface area contributed by atoms with Gasteiger partial charge in [0.05, 0.1) is 18.0 Å². The number of pyridine rings is 2. The van der Waals surface area contributed by atoms with Crippen LogP contribution in [0.1, 0.15) is 25.7 Å². The first-order chi connectivity index (χ1) is 14.2. The molecule has 0 amide bonds. The van der Waals surface area contributed by atoms with Gasteiger partial charge in [-0.15, -0.1) is 0 Å². The Kier molecular flexibility index (Phi) is 4.82. The lowest BCUT2D eigenvalue weighted by atomic mass is 9.93. The Morgan fingerprint density at radius 3 is 2.69 bits per heavy atom. The SMILES string of the molecule is O[C@H]1CC[C@H](Nc2cccc(Nc3nc4ccc(-c5cn[nH]c5)nc4s3)n2)CC1. The average molecular weight is 408 g/mol. The summed E-state index contributed by atoms with van der Waals surface area (Å²) in [4.78, 5) is 14.8. The lowest BCUT2D eigenvalue weighted by molar-refractivity contribution is 0.126. The smallest absolute Gasteiger partial charge is 0.190 e. The molecule has 0 aromatic carbocycles. The van der Waals surface area contributed by atoms with Crippen LogP contribution in [0, 0.1) is 0 Å². The molecule has 148 valence electrons. The van der Waals surface area contributed by atoms with Crippen LogP contribution in [0.2, 0.25) is 0 Å². The Balaban J connectivity index is 1.31. The monoisotopic (exact) mass is 407 g/mol. The first-order valence-electron chi connectivity index (χ1n) is 9.68. The molecule has 1 aliphatic rings. The van der Waals surface area contributed by atoms with E-state index in [-0.39, 0.29) is 6.10 Å². The molecule has 29 heavy (non-hydrogen) atoms. The van der Waals surface area contributed by atoms with Crippen LogP contribution in [-0.2, 0) is 0 Å². The Bertz CT molecular complexity index is 1100. The number of rotatable bonds is 5. The van der Waals surface area contributed by atoms with Crippen molar-refractivity contribution in [1.82, 2.24) is 25.1 Å². The minimum absolute atomic E-state index is 0.157. The molecule has 0 aliphatic heterocycles. The fourth-order valence-corrected chi connectivity index (χ4v) is 4.39.